The summed E-state index contributed by atoms with van der Waals surface area (Å²) in [5, 5.41) is 0. The minimum absolute atomic E-state index is 0.202. The van der Waals surface area contributed by atoms with Crippen LogP contribution in [0.15, 0.2) is 48.5 Å². The van der Waals surface area contributed by atoms with Crippen molar-refractivity contribution in [1.82, 2.24) is 9.12 Å². The number of rotatable bonds is 3. The molecule has 1 fully saturated rings. The molecule has 0 bridgehead atoms. The Bertz CT molecular complexity index is 751. The normalized spacial score (nSPS) is 22.0. The van der Waals surface area contributed by atoms with Crippen LogP contribution in [0.1, 0.15) is 29.6 Å². The van der Waals surface area contributed by atoms with Gasteiger partial charge < -0.3 is 11.5 Å². The summed E-state index contributed by atoms with van der Waals surface area (Å²) >= 11 is 6.76. The molecular weight excluding hydrogens is 324 g/mol. The Hall–Kier alpha value is -2.08. The van der Waals surface area contributed by atoms with Gasteiger partial charge in [0, 0.05) is 23.9 Å². The number of nitrogens with two attached hydrogens (primary N) is 2. The maximum Gasteiger partial charge on any atom is 0.254 e. The van der Waals surface area contributed by atoms with Crippen LogP contribution in [0, 0.1) is 0 Å². The molecule has 0 aromatic heterocycles. The minimum atomic E-state index is -0.466. The molecule has 2 aromatic carbocycles. The maximum absolute atomic E-state index is 12.0. The molecule has 6 heteroatoms. The van der Waals surface area contributed by atoms with E-state index in [1.165, 1.54) is 0 Å². The summed E-state index contributed by atoms with van der Waals surface area (Å²) in [5.74, 6) is -0.466. The van der Waals surface area contributed by atoms with Gasteiger partial charge in [-0.1, -0.05) is 28.8 Å². The molecule has 2 aromatic rings. The number of hydrogen-bond acceptors (Lipinski definition) is 3. The van der Waals surface area contributed by atoms with Crippen LogP contribution in [-0.2, 0) is 0 Å². The van der Waals surface area contributed by atoms with Crippen LogP contribution in [0.25, 0.3) is 0 Å². The lowest BCUT2D eigenvalue weighted by Crippen LogP contribution is -2.54. The van der Waals surface area contributed by atoms with Gasteiger partial charge in [0.15, 0.2) is 11.4 Å². The van der Waals surface area contributed by atoms with Crippen molar-refractivity contribution in [3.05, 3.63) is 54.1 Å². The van der Waals surface area contributed by atoms with Gasteiger partial charge in [0.25, 0.3) is 5.91 Å². The Morgan fingerprint density at radius 1 is 1.00 bits per heavy atom. The quantitative estimate of drug-likeness (QED) is 0.507. The topological polar surface area (TPSA) is 72.3 Å². The number of anilines is 1. The van der Waals surface area contributed by atoms with Crippen LogP contribution < -0.4 is 16.1 Å². The Kier molecular flexibility index (Phi) is 4.76. The number of carbonyl (C=O) groups is 1. The molecule has 1 saturated heterocycles. The van der Waals surface area contributed by atoms with Crippen molar-refractivity contribution in [2.24, 2.45) is 5.73 Å². The number of primary amides is 1. The van der Waals surface area contributed by atoms with E-state index in [1.54, 1.807) is 10.6 Å². The van der Waals surface area contributed by atoms with Crippen molar-refractivity contribution < 1.29 is 4.79 Å². The van der Waals surface area contributed by atoms with Crippen molar-refractivity contribution in [2.75, 3.05) is 18.8 Å². The number of hydrogen-bond donors (Lipinski definition) is 2. The van der Waals surface area contributed by atoms with Gasteiger partial charge in [-0.2, -0.15) is 4.59 Å². The zero-order valence-electron chi connectivity index (χ0n) is 13.5. The van der Waals surface area contributed by atoms with Crippen molar-refractivity contribution in [3.8, 4) is 0 Å². The van der Waals surface area contributed by atoms with Crippen LogP contribution in [0.2, 0.25) is 0 Å². The van der Waals surface area contributed by atoms with E-state index >= 15 is 0 Å². The highest BCUT2D eigenvalue weighted by molar-refractivity contribution is 6.14. The molecule has 1 aliphatic heterocycles. The average Bonchev–Trinajstić information content (AvgIpc) is 2.78. The molecule has 0 spiro atoms. The number of amides is 1. The standard InChI is InChI=1S/C18H21ClN4O/c19-22-12-6-1-7-13-23(22,17-11-5-3-9-15(17)20)16-10-4-2-8-14(16)18(21)24/h2-5,8-11H,1,6-7,12-13,20H2,(H-,21,24)/p+1. The first-order valence-corrected chi connectivity index (χ1v) is 8.47. The molecule has 3 rings (SSSR count). The molecule has 0 radical (unpaired) electrons. The average molecular weight is 346 g/mol. The van der Waals surface area contributed by atoms with Gasteiger partial charge in [-0.15, -0.1) is 0 Å². The zero-order valence-corrected chi connectivity index (χ0v) is 14.2. The monoisotopic (exact) mass is 345 g/mol. The summed E-state index contributed by atoms with van der Waals surface area (Å²) in [6.07, 6.45) is 3.05. The molecule has 0 aliphatic carbocycles. The first-order valence-electron chi connectivity index (χ1n) is 8.13. The van der Waals surface area contributed by atoms with Crippen molar-refractivity contribution in [2.45, 2.75) is 19.3 Å². The predicted molar refractivity (Wildman–Crippen MR) is 98.5 cm³/mol. The molecule has 1 unspecified atom stereocenters. The van der Waals surface area contributed by atoms with Crippen LogP contribution in [-0.4, -0.2) is 23.5 Å². The van der Waals surface area contributed by atoms with E-state index in [-0.39, 0.29) is 4.59 Å². The van der Waals surface area contributed by atoms with E-state index in [0.717, 1.165) is 37.2 Å². The Labute approximate surface area is 147 Å². The fourth-order valence-electron chi connectivity index (χ4n) is 3.47. The number of nitrogen functional groups attached to an aromatic ring is 1. The number of carbonyl (C=O) groups excluding carboxylic acids is 1. The molecule has 1 amide bonds. The van der Waals surface area contributed by atoms with Crippen molar-refractivity contribution >= 4 is 34.7 Å². The van der Waals surface area contributed by atoms with Gasteiger partial charge in [0.05, 0.1) is 12.2 Å². The van der Waals surface area contributed by atoms with Crippen LogP contribution >= 0.6 is 11.8 Å². The Morgan fingerprint density at radius 2 is 1.67 bits per heavy atom. The van der Waals surface area contributed by atoms with Gasteiger partial charge in [0.2, 0.25) is 0 Å². The molecule has 5 nitrogen and oxygen atoms in total. The fourth-order valence-corrected chi connectivity index (χ4v) is 3.83. The van der Waals surface area contributed by atoms with E-state index in [0.29, 0.717) is 17.8 Å². The molecule has 1 atom stereocenters. The Morgan fingerprint density at radius 3 is 2.38 bits per heavy atom. The second-order valence-electron chi connectivity index (χ2n) is 6.05. The smallest absolute Gasteiger partial charge is 0.254 e. The SMILES string of the molecule is NC(=O)c1ccccc1[N+]1(c2ccccc2N)CCCCCN1Cl. The number of para-hydroxylation sites is 3. The van der Waals surface area contributed by atoms with Gasteiger partial charge in [-0.05, 0) is 31.4 Å². The first kappa shape index (κ1) is 16.8. The van der Waals surface area contributed by atoms with Gasteiger partial charge >= 0.3 is 0 Å². The number of benzene rings is 2. The van der Waals surface area contributed by atoms with Crippen LogP contribution in [0.3, 0.4) is 0 Å². The molecule has 1 aliphatic rings. The largest absolute Gasteiger partial charge is 0.394 e. The number of quaternary nitrogens is 1. The lowest BCUT2D eigenvalue weighted by Gasteiger charge is -2.41. The van der Waals surface area contributed by atoms with E-state index < -0.39 is 5.91 Å². The van der Waals surface area contributed by atoms with Gasteiger partial charge in [-0.3, -0.25) is 4.79 Å². The molecule has 24 heavy (non-hydrogen) atoms. The lowest BCUT2D eigenvalue weighted by atomic mass is 10.1. The molecule has 126 valence electrons. The number of halogens is 1. The van der Waals surface area contributed by atoms with Crippen molar-refractivity contribution in [1.29, 1.82) is 0 Å². The third kappa shape index (κ3) is 2.75. The fraction of sp³-hybridized carbons (Fsp3) is 0.278. The zero-order chi connectivity index (χ0) is 17.2. The predicted octanol–water partition coefficient (Wildman–Crippen LogP) is 3.56. The van der Waals surface area contributed by atoms with E-state index in [4.69, 9.17) is 23.2 Å². The van der Waals surface area contributed by atoms with Crippen LogP contribution in [0.5, 0.6) is 0 Å². The second-order valence-corrected chi connectivity index (χ2v) is 6.44. The highest BCUT2D eigenvalue weighted by atomic mass is 35.5. The summed E-state index contributed by atoms with van der Waals surface area (Å²) in [6, 6.07) is 15.0. The van der Waals surface area contributed by atoms with E-state index in [1.807, 2.05) is 42.5 Å². The van der Waals surface area contributed by atoms with Crippen molar-refractivity contribution in [3.63, 3.8) is 0 Å². The summed E-state index contributed by atoms with van der Waals surface area (Å²) in [7, 11) is 0. The summed E-state index contributed by atoms with van der Waals surface area (Å²) < 4.78 is 1.95. The van der Waals surface area contributed by atoms with E-state index in [2.05, 4.69) is 0 Å². The molecule has 4 N–H and O–H groups in total. The second kappa shape index (κ2) is 6.81. The minimum Gasteiger partial charge on any atom is -0.394 e. The van der Waals surface area contributed by atoms with Gasteiger partial charge in [0.1, 0.15) is 12.1 Å². The highest BCUT2D eigenvalue weighted by Crippen LogP contribution is 2.44. The number of nitrogens with zero attached hydrogens (tertiary/aromatic N) is 2. The summed E-state index contributed by atoms with van der Waals surface area (Å²) in [4.78, 5) is 12.0. The highest BCUT2D eigenvalue weighted by Gasteiger charge is 2.44. The third-order valence-electron chi connectivity index (χ3n) is 4.60. The Balaban J connectivity index is 2.31. The van der Waals surface area contributed by atoms with Gasteiger partial charge in [-0.25, -0.2) is 0 Å². The first-order chi connectivity index (χ1) is 11.6. The van der Waals surface area contributed by atoms with Crippen LogP contribution in [0.4, 0.5) is 17.1 Å². The molecule has 1 heterocycles. The lowest BCUT2D eigenvalue weighted by molar-refractivity contribution is 0.0990. The molecule has 0 saturated carbocycles. The molecular formula is C18H22ClN4O+. The maximum atomic E-state index is 12.0. The van der Waals surface area contributed by atoms with E-state index in [9.17, 15) is 4.79 Å². The third-order valence-corrected chi connectivity index (χ3v) is 5.03. The summed E-state index contributed by atoms with van der Waals surface area (Å²) in [6.45, 7) is 1.42. The summed E-state index contributed by atoms with van der Waals surface area (Å²) in [5.41, 5.74) is 14.7.